The largest absolute Gasteiger partial charge is 0.489 e. The van der Waals surface area contributed by atoms with Crippen LogP contribution in [0.3, 0.4) is 0 Å². The number of halogens is 1. The van der Waals surface area contributed by atoms with Gasteiger partial charge in [-0.15, -0.1) is 12.4 Å². The van der Waals surface area contributed by atoms with E-state index in [9.17, 15) is 9.59 Å². The van der Waals surface area contributed by atoms with E-state index in [0.717, 1.165) is 23.8 Å². The maximum atomic E-state index is 12.4. The zero-order chi connectivity index (χ0) is 23.2. The molecular weight excluding hydrogens is 452 g/mol. The number of benzene rings is 3. The van der Waals surface area contributed by atoms with Crippen LogP contribution in [0.5, 0.6) is 5.75 Å². The lowest BCUT2D eigenvalue weighted by molar-refractivity contribution is -0.138. The van der Waals surface area contributed by atoms with Crippen LogP contribution in [-0.4, -0.2) is 27.6 Å². The van der Waals surface area contributed by atoms with Crippen molar-refractivity contribution in [3.05, 3.63) is 102 Å². The summed E-state index contributed by atoms with van der Waals surface area (Å²) in [7, 11) is 0. The van der Waals surface area contributed by atoms with Gasteiger partial charge in [-0.3, -0.25) is 14.2 Å². The number of hydrogen-bond acceptors (Lipinski definition) is 4. The Bertz CT molecular complexity index is 1250. The highest BCUT2D eigenvalue weighted by atomic mass is 35.5. The van der Waals surface area contributed by atoms with E-state index in [0.29, 0.717) is 17.9 Å². The van der Waals surface area contributed by atoms with Crippen LogP contribution in [0.15, 0.2) is 85.1 Å². The standard InChI is InChI=1S/C27H26N2O4.ClH/c28-24(27(31)32)17-26(30)29-15-14-22-16-23(12-13-25(22)29)33-18-21-10-8-20(9-11-21)7-6-19-4-2-1-3-5-19;/h1-5,8-16,24H,6-7,17-18,28H2,(H,31,32);1H. The van der Waals surface area contributed by atoms with Gasteiger partial charge in [-0.25, -0.2) is 0 Å². The number of hydrogen-bond donors (Lipinski definition) is 2. The number of ether oxygens (including phenoxy) is 1. The van der Waals surface area contributed by atoms with Crippen molar-refractivity contribution >= 4 is 35.2 Å². The summed E-state index contributed by atoms with van der Waals surface area (Å²) in [5, 5.41) is 9.75. The molecule has 0 saturated carbocycles. The molecular formula is C27H27ClN2O4. The van der Waals surface area contributed by atoms with Crippen molar-refractivity contribution < 1.29 is 19.4 Å². The summed E-state index contributed by atoms with van der Waals surface area (Å²) in [4.78, 5) is 23.3. The number of carboxylic acids is 1. The van der Waals surface area contributed by atoms with Gasteiger partial charge >= 0.3 is 5.97 Å². The average molecular weight is 479 g/mol. The van der Waals surface area contributed by atoms with E-state index in [2.05, 4.69) is 48.5 Å². The van der Waals surface area contributed by atoms with Crippen molar-refractivity contribution in [2.45, 2.75) is 31.9 Å². The Balaban J connectivity index is 0.00000324. The molecule has 1 atom stereocenters. The van der Waals surface area contributed by atoms with E-state index < -0.39 is 12.0 Å². The third-order valence-corrected chi connectivity index (χ3v) is 5.62. The number of nitrogens with zero attached hydrogens (tertiary/aromatic N) is 1. The molecule has 7 heteroatoms. The normalized spacial score (nSPS) is 11.6. The first-order valence-corrected chi connectivity index (χ1v) is 10.9. The van der Waals surface area contributed by atoms with Crippen LogP contribution >= 0.6 is 12.4 Å². The Kier molecular flexibility index (Phi) is 8.46. The lowest BCUT2D eigenvalue weighted by atomic mass is 10.0. The summed E-state index contributed by atoms with van der Waals surface area (Å²) in [6.07, 6.45) is 3.37. The summed E-state index contributed by atoms with van der Waals surface area (Å²) >= 11 is 0. The molecule has 4 rings (SSSR count). The SMILES string of the molecule is Cl.NC(CC(=O)n1ccc2cc(OCc3ccc(CCc4ccccc4)cc3)ccc21)C(=O)O. The quantitative estimate of drug-likeness (QED) is 0.358. The van der Waals surface area contributed by atoms with Crippen LogP contribution < -0.4 is 10.5 Å². The minimum atomic E-state index is -1.22. The second kappa shape index (κ2) is 11.5. The molecule has 4 aromatic rings. The number of fused-ring (bicyclic) bond motifs is 1. The first kappa shape index (κ1) is 25.0. The van der Waals surface area contributed by atoms with Gasteiger partial charge < -0.3 is 15.6 Å². The molecule has 0 aliphatic heterocycles. The number of rotatable bonds is 9. The number of aliphatic carboxylic acids is 1. The predicted octanol–water partition coefficient (Wildman–Crippen LogP) is 4.87. The molecule has 0 aliphatic rings. The van der Waals surface area contributed by atoms with Gasteiger partial charge in [0.15, 0.2) is 0 Å². The number of aryl methyl sites for hydroxylation is 2. The Hall–Kier alpha value is -3.61. The molecule has 0 radical (unpaired) electrons. The van der Waals surface area contributed by atoms with Crippen LogP contribution in [0.4, 0.5) is 0 Å². The van der Waals surface area contributed by atoms with Crippen molar-refractivity contribution in [3.8, 4) is 5.75 Å². The molecule has 0 fully saturated rings. The molecule has 34 heavy (non-hydrogen) atoms. The van der Waals surface area contributed by atoms with Gasteiger partial charge in [0.05, 0.1) is 11.9 Å². The molecule has 3 N–H and O–H groups in total. The summed E-state index contributed by atoms with van der Waals surface area (Å²) in [5.74, 6) is -0.858. The molecule has 0 aliphatic carbocycles. The van der Waals surface area contributed by atoms with Crippen molar-refractivity contribution in [2.24, 2.45) is 5.73 Å². The van der Waals surface area contributed by atoms with Gasteiger partial charge in [0.1, 0.15) is 18.4 Å². The van der Waals surface area contributed by atoms with E-state index >= 15 is 0 Å². The lowest BCUT2D eigenvalue weighted by Crippen LogP contribution is -2.33. The predicted molar refractivity (Wildman–Crippen MR) is 135 cm³/mol. The van der Waals surface area contributed by atoms with E-state index in [1.807, 2.05) is 12.1 Å². The Morgan fingerprint density at radius 3 is 2.21 bits per heavy atom. The van der Waals surface area contributed by atoms with E-state index in [1.165, 1.54) is 15.7 Å². The number of carboxylic acid groups (broad SMARTS) is 1. The van der Waals surface area contributed by atoms with Crippen LogP contribution in [0.1, 0.15) is 27.9 Å². The monoisotopic (exact) mass is 478 g/mol. The topological polar surface area (TPSA) is 94.5 Å². The lowest BCUT2D eigenvalue weighted by Gasteiger charge is -2.09. The molecule has 1 unspecified atom stereocenters. The van der Waals surface area contributed by atoms with Crippen LogP contribution in [0.2, 0.25) is 0 Å². The highest BCUT2D eigenvalue weighted by Gasteiger charge is 2.18. The molecule has 0 amide bonds. The van der Waals surface area contributed by atoms with Crippen molar-refractivity contribution in [1.29, 1.82) is 0 Å². The van der Waals surface area contributed by atoms with E-state index in [4.69, 9.17) is 15.6 Å². The minimum absolute atomic E-state index is 0. The Morgan fingerprint density at radius 1 is 0.882 bits per heavy atom. The second-order valence-electron chi connectivity index (χ2n) is 8.04. The average Bonchev–Trinajstić information content (AvgIpc) is 3.26. The molecule has 176 valence electrons. The summed E-state index contributed by atoms with van der Waals surface area (Å²) in [5.41, 5.74) is 9.87. The van der Waals surface area contributed by atoms with Gasteiger partial charge in [0, 0.05) is 11.6 Å². The first-order valence-electron chi connectivity index (χ1n) is 10.9. The third kappa shape index (κ3) is 6.25. The van der Waals surface area contributed by atoms with Gasteiger partial charge in [0.2, 0.25) is 5.91 Å². The molecule has 6 nitrogen and oxygen atoms in total. The van der Waals surface area contributed by atoms with Crippen molar-refractivity contribution in [3.63, 3.8) is 0 Å². The summed E-state index contributed by atoms with van der Waals surface area (Å²) in [6, 6.07) is 24.9. The zero-order valence-electron chi connectivity index (χ0n) is 18.6. The van der Waals surface area contributed by atoms with Crippen molar-refractivity contribution in [1.82, 2.24) is 4.57 Å². The van der Waals surface area contributed by atoms with Crippen LogP contribution in [0, 0.1) is 0 Å². The maximum absolute atomic E-state index is 12.4. The summed E-state index contributed by atoms with van der Waals surface area (Å²) < 4.78 is 7.37. The number of carbonyl (C=O) groups is 2. The van der Waals surface area contributed by atoms with Crippen LogP contribution in [-0.2, 0) is 24.2 Å². The highest BCUT2D eigenvalue weighted by Crippen LogP contribution is 2.23. The fourth-order valence-corrected chi connectivity index (χ4v) is 3.70. The number of aromatic nitrogens is 1. The molecule has 3 aromatic carbocycles. The highest BCUT2D eigenvalue weighted by molar-refractivity contribution is 5.94. The van der Waals surface area contributed by atoms with Gasteiger partial charge in [-0.05, 0) is 53.8 Å². The fourth-order valence-electron chi connectivity index (χ4n) is 3.70. The third-order valence-electron chi connectivity index (χ3n) is 5.62. The molecule has 0 saturated heterocycles. The van der Waals surface area contributed by atoms with Gasteiger partial charge in [-0.2, -0.15) is 0 Å². The molecule has 1 heterocycles. The first-order chi connectivity index (χ1) is 16.0. The molecule has 0 bridgehead atoms. The number of nitrogens with two attached hydrogens (primary N) is 1. The van der Waals surface area contributed by atoms with Gasteiger partial charge in [-0.1, -0.05) is 54.6 Å². The van der Waals surface area contributed by atoms with E-state index in [-0.39, 0.29) is 24.7 Å². The second-order valence-corrected chi connectivity index (χ2v) is 8.04. The van der Waals surface area contributed by atoms with Crippen molar-refractivity contribution in [2.75, 3.05) is 0 Å². The smallest absolute Gasteiger partial charge is 0.321 e. The van der Waals surface area contributed by atoms with E-state index in [1.54, 1.807) is 24.4 Å². The molecule has 1 aromatic heterocycles. The minimum Gasteiger partial charge on any atom is -0.489 e. The Morgan fingerprint density at radius 2 is 1.53 bits per heavy atom. The fraction of sp³-hybridized carbons (Fsp3) is 0.185. The van der Waals surface area contributed by atoms with Crippen LogP contribution in [0.25, 0.3) is 10.9 Å². The van der Waals surface area contributed by atoms with Gasteiger partial charge in [0.25, 0.3) is 0 Å². The maximum Gasteiger partial charge on any atom is 0.321 e. The molecule has 0 spiro atoms. The summed E-state index contributed by atoms with van der Waals surface area (Å²) in [6.45, 7) is 0.442. The Labute approximate surface area is 204 Å². The zero-order valence-corrected chi connectivity index (χ0v) is 19.4. The number of carbonyl (C=O) groups excluding carboxylic acids is 1.